The molecule has 150 valence electrons. The average Bonchev–Trinajstić information content (AvgIpc) is 3.03. The van der Waals surface area contributed by atoms with Crippen molar-refractivity contribution in [3.63, 3.8) is 0 Å². The molecule has 8 nitrogen and oxygen atoms in total. The van der Waals surface area contributed by atoms with Crippen LogP contribution in [0.1, 0.15) is 52.7 Å². The lowest BCUT2D eigenvalue weighted by Crippen LogP contribution is -2.35. The van der Waals surface area contributed by atoms with Crippen LogP contribution in [0, 0.1) is 20.8 Å². The Balaban J connectivity index is 1.84. The second-order valence-electron chi connectivity index (χ2n) is 6.83. The molecule has 2 amide bonds. The SMILES string of the molecule is Cc1cccc(C)c1NC(=O)CNC(=O)COC(=O)c1c(C)noc1C(C)C. The Bertz CT molecular complexity index is 866. The van der Waals surface area contributed by atoms with Gasteiger partial charge in [-0.15, -0.1) is 0 Å². The fourth-order valence-corrected chi connectivity index (χ4v) is 2.66. The third-order valence-corrected chi connectivity index (χ3v) is 4.14. The van der Waals surface area contributed by atoms with E-state index in [1.165, 1.54) is 0 Å². The number of ether oxygens (including phenoxy) is 1. The maximum absolute atomic E-state index is 12.2. The molecule has 8 heteroatoms. The van der Waals surface area contributed by atoms with Gasteiger partial charge in [0.25, 0.3) is 5.91 Å². The van der Waals surface area contributed by atoms with E-state index in [0.29, 0.717) is 11.5 Å². The monoisotopic (exact) mass is 387 g/mol. The third-order valence-electron chi connectivity index (χ3n) is 4.14. The first kappa shape index (κ1) is 21.1. The van der Waals surface area contributed by atoms with E-state index in [1.807, 2.05) is 45.9 Å². The maximum Gasteiger partial charge on any atom is 0.344 e. The van der Waals surface area contributed by atoms with E-state index in [0.717, 1.165) is 16.8 Å². The normalized spacial score (nSPS) is 10.6. The Hall–Kier alpha value is -3.16. The van der Waals surface area contributed by atoms with E-state index in [1.54, 1.807) is 6.92 Å². The molecule has 0 radical (unpaired) electrons. The van der Waals surface area contributed by atoms with Crippen molar-refractivity contribution in [2.24, 2.45) is 0 Å². The number of aromatic nitrogens is 1. The number of amides is 2. The highest BCUT2D eigenvalue weighted by molar-refractivity contribution is 5.96. The van der Waals surface area contributed by atoms with Gasteiger partial charge in [-0.3, -0.25) is 9.59 Å². The zero-order valence-corrected chi connectivity index (χ0v) is 16.7. The van der Waals surface area contributed by atoms with Crippen LogP contribution in [0.15, 0.2) is 22.7 Å². The number of esters is 1. The molecule has 0 aliphatic heterocycles. The van der Waals surface area contributed by atoms with Crippen LogP contribution in [0.25, 0.3) is 0 Å². The quantitative estimate of drug-likeness (QED) is 0.707. The van der Waals surface area contributed by atoms with Crippen LogP contribution in [-0.4, -0.2) is 36.1 Å². The number of benzene rings is 1. The van der Waals surface area contributed by atoms with E-state index in [4.69, 9.17) is 9.26 Å². The summed E-state index contributed by atoms with van der Waals surface area (Å²) in [7, 11) is 0. The number of anilines is 1. The van der Waals surface area contributed by atoms with E-state index in [9.17, 15) is 14.4 Å². The largest absolute Gasteiger partial charge is 0.452 e. The highest BCUT2D eigenvalue weighted by atomic mass is 16.5. The minimum absolute atomic E-state index is 0.0498. The molecule has 0 aliphatic rings. The standard InChI is InChI=1S/C20H25N3O5/c1-11(2)19-17(14(5)23-28-19)20(26)27-10-16(25)21-9-15(24)22-18-12(3)7-6-8-13(18)4/h6-8,11H,9-10H2,1-5H3,(H,21,25)(H,22,24). The van der Waals surface area contributed by atoms with Crippen molar-refractivity contribution in [1.29, 1.82) is 0 Å². The lowest BCUT2D eigenvalue weighted by atomic mass is 10.1. The number of nitrogens with zero attached hydrogens (tertiary/aromatic N) is 1. The maximum atomic E-state index is 12.2. The van der Waals surface area contributed by atoms with Crippen molar-refractivity contribution in [2.45, 2.75) is 40.5 Å². The second kappa shape index (κ2) is 9.16. The van der Waals surface area contributed by atoms with Gasteiger partial charge in [-0.25, -0.2) is 4.79 Å². The van der Waals surface area contributed by atoms with Gasteiger partial charge in [0.2, 0.25) is 5.91 Å². The van der Waals surface area contributed by atoms with Crippen molar-refractivity contribution in [3.05, 3.63) is 46.3 Å². The predicted octanol–water partition coefficient (Wildman–Crippen LogP) is 2.63. The summed E-state index contributed by atoms with van der Waals surface area (Å²) in [6.45, 7) is 8.39. The van der Waals surface area contributed by atoms with Gasteiger partial charge < -0.3 is 19.9 Å². The van der Waals surface area contributed by atoms with E-state index >= 15 is 0 Å². The van der Waals surface area contributed by atoms with E-state index in [2.05, 4.69) is 15.8 Å². The Morgan fingerprint density at radius 2 is 1.75 bits per heavy atom. The minimum Gasteiger partial charge on any atom is -0.452 e. The molecule has 0 bridgehead atoms. The van der Waals surface area contributed by atoms with Gasteiger partial charge in [0, 0.05) is 11.6 Å². The number of hydrogen-bond donors (Lipinski definition) is 2. The number of carbonyl (C=O) groups excluding carboxylic acids is 3. The van der Waals surface area contributed by atoms with Gasteiger partial charge in [-0.1, -0.05) is 37.2 Å². The number of rotatable bonds is 7. The Morgan fingerprint density at radius 3 is 2.36 bits per heavy atom. The van der Waals surface area contributed by atoms with Crippen molar-refractivity contribution in [3.8, 4) is 0 Å². The number of aryl methyl sites for hydroxylation is 3. The summed E-state index contributed by atoms with van der Waals surface area (Å²) in [5.41, 5.74) is 3.22. The summed E-state index contributed by atoms with van der Waals surface area (Å²) in [6.07, 6.45) is 0. The minimum atomic E-state index is -0.683. The summed E-state index contributed by atoms with van der Waals surface area (Å²) >= 11 is 0. The van der Waals surface area contributed by atoms with Gasteiger partial charge in [0.05, 0.1) is 12.2 Å². The highest BCUT2D eigenvalue weighted by Crippen LogP contribution is 2.23. The Morgan fingerprint density at radius 1 is 1.11 bits per heavy atom. The van der Waals surface area contributed by atoms with E-state index in [-0.39, 0.29) is 23.9 Å². The molecule has 2 aromatic rings. The first-order valence-electron chi connectivity index (χ1n) is 8.96. The predicted molar refractivity (Wildman–Crippen MR) is 103 cm³/mol. The molecule has 0 aliphatic carbocycles. The molecule has 0 fully saturated rings. The fourth-order valence-electron chi connectivity index (χ4n) is 2.66. The number of para-hydroxylation sites is 1. The molecule has 0 unspecified atom stereocenters. The molecule has 1 heterocycles. The lowest BCUT2D eigenvalue weighted by Gasteiger charge is -2.12. The molecule has 1 aromatic carbocycles. The third kappa shape index (κ3) is 5.18. The van der Waals surface area contributed by atoms with Crippen LogP contribution in [0.4, 0.5) is 5.69 Å². The van der Waals surface area contributed by atoms with Crippen LogP contribution in [0.2, 0.25) is 0 Å². The van der Waals surface area contributed by atoms with Gasteiger partial charge in [-0.05, 0) is 31.9 Å². The first-order valence-corrected chi connectivity index (χ1v) is 8.96. The van der Waals surface area contributed by atoms with E-state index < -0.39 is 18.5 Å². The molecular formula is C20H25N3O5. The van der Waals surface area contributed by atoms with Gasteiger partial charge in [0.15, 0.2) is 12.4 Å². The fraction of sp³-hybridized carbons (Fsp3) is 0.400. The molecule has 2 rings (SSSR count). The zero-order valence-electron chi connectivity index (χ0n) is 16.7. The van der Waals surface area contributed by atoms with Crippen LogP contribution in [0.3, 0.4) is 0 Å². The zero-order chi connectivity index (χ0) is 20.8. The number of nitrogens with one attached hydrogen (secondary N) is 2. The number of carbonyl (C=O) groups is 3. The summed E-state index contributed by atoms with van der Waals surface area (Å²) in [4.78, 5) is 36.2. The molecule has 1 aromatic heterocycles. The smallest absolute Gasteiger partial charge is 0.344 e. The molecule has 0 atom stereocenters. The Kier molecular flexibility index (Phi) is 6.92. The number of hydrogen-bond acceptors (Lipinski definition) is 6. The lowest BCUT2D eigenvalue weighted by molar-refractivity contribution is -0.126. The summed E-state index contributed by atoms with van der Waals surface area (Å²) in [5.74, 6) is -1.26. The van der Waals surface area contributed by atoms with Crippen molar-refractivity contribution < 1.29 is 23.6 Å². The Labute approximate surface area is 163 Å². The van der Waals surface area contributed by atoms with Gasteiger partial charge >= 0.3 is 5.97 Å². The van der Waals surface area contributed by atoms with Crippen molar-refractivity contribution in [2.75, 3.05) is 18.5 Å². The average molecular weight is 387 g/mol. The molecule has 0 saturated heterocycles. The molecular weight excluding hydrogens is 362 g/mol. The summed E-state index contributed by atoms with van der Waals surface area (Å²) in [5, 5.41) is 8.96. The molecule has 28 heavy (non-hydrogen) atoms. The summed E-state index contributed by atoms with van der Waals surface area (Å²) < 4.78 is 10.2. The highest BCUT2D eigenvalue weighted by Gasteiger charge is 2.24. The molecule has 2 N–H and O–H groups in total. The van der Waals surface area contributed by atoms with Crippen LogP contribution >= 0.6 is 0 Å². The van der Waals surface area contributed by atoms with Crippen LogP contribution in [0.5, 0.6) is 0 Å². The topological polar surface area (TPSA) is 111 Å². The van der Waals surface area contributed by atoms with Crippen LogP contribution < -0.4 is 10.6 Å². The summed E-state index contributed by atoms with van der Waals surface area (Å²) in [6, 6.07) is 5.68. The van der Waals surface area contributed by atoms with Crippen molar-refractivity contribution >= 4 is 23.5 Å². The second-order valence-corrected chi connectivity index (χ2v) is 6.83. The molecule has 0 spiro atoms. The van der Waals surface area contributed by atoms with Gasteiger partial charge in [0.1, 0.15) is 5.56 Å². The van der Waals surface area contributed by atoms with Crippen LogP contribution in [-0.2, 0) is 14.3 Å². The first-order chi connectivity index (χ1) is 13.2. The van der Waals surface area contributed by atoms with Crippen molar-refractivity contribution in [1.82, 2.24) is 10.5 Å². The molecule has 0 saturated carbocycles. The van der Waals surface area contributed by atoms with Gasteiger partial charge in [-0.2, -0.15) is 0 Å².